The van der Waals surface area contributed by atoms with Gasteiger partial charge in [0.05, 0.1) is 12.2 Å². The van der Waals surface area contributed by atoms with Crippen molar-refractivity contribution in [1.29, 1.82) is 0 Å². The summed E-state index contributed by atoms with van der Waals surface area (Å²) in [7, 11) is 0. The van der Waals surface area contributed by atoms with E-state index in [0.29, 0.717) is 0 Å². The van der Waals surface area contributed by atoms with Crippen molar-refractivity contribution in [3.8, 4) is 0 Å². The van der Waals surface area contributed by atoms with Gasteiger partial charge in [0.2, 0.25) is 5.91 Å². The number of carbonyl (C=O) groups excluding carboxylic acids is 1. The first-order chi connectivity index (χ1) is 12.1. The highest BCUT2D eigenvalue weighted by molar-refractivity contribution is 5.83. The summed E-state index contributed by atoms with van der Waals surface area (Å²) in [5.41, 5.74) is 1.96. The number of amides is 1. The molecule has 1 aromatic heterocycles. The van der Waals surface area contributed by atoms with Gasteiger partial charge in [0.25, 0.3) is 0 Å². The number of halogens is 1. The largest absolute Gasteiger partial charge is 0.360 e. The summed E-state index contributed by atoms with van der Waals surface area (Å²) < 4.78 is 18.3. The van der Waals surface area contributed by atoms with Crippen molar-refractivity contribution >= 4 is 5.91 Å². The molecule has 1 aromatic carbocycles. The van der Waals surface area contributed by atoms with E-state index in [0.717, 1.165) is 56.2 Å². The van der Waals surface area contributed by atoms with Gasteiger partial charge in [-0.3, -0.25) is 9.69 Å². The molecule has 0 spiro atoms. The highest BCUT2D eigenvalue weighted by atomic mass is 19.1. The van der Waals surface area contributed by atoms with E-state index < -0.39 is 0 Å². The molecule has 0 radical (unpaired) electrons. The predicted octanol–water partition coefficient (Wildman–Crippen LogP) is 2.57. The molecule has 1 aliphatic carbocycles. The van der Waals surface area contributed by atoms with Crippen molar-refractivity contribution < 1.29 is 13.7 Å². The van der Waals surface area contributed by atoms with Gasteiger partial charge in [-0.05, 0) is 37.0 Å². The number of hydrogen-bond acceptors (Lipinski definition) is 4. The highest BCUT2D eigenvalue weighted by Crippen LogP contribution is 2.48. The zero-order valence-electron chi connectivity index (χ0n) is 14.3. The maximum atomic E-state index is 13.0. The fourth-order valence-corrected chi connectivity index (χ4v) is 3.62. The fraction of sp³-hybridized carbons (Fsp3) is 0.474. The first kappa shape index (κ1) is 16.3. The summed E-state index contributed by atoms with van der Waals surface area (Å²) in [6, 6.07) is 8.49. The van der Waals surface area contributed by atoms with Crippen LogP contribution in [0.5, 0.6) is 0 Å². The number of piperazine rings is 1. The third kappa shape index (κ3) is 3.58. The molecule has 2 aliphatic rings. The molecule has 25 heavy (non-hydrogen) atoms. The molecule has 2 heterocycles. The Morgan fingerprint density at radius 1 is 1.24 bits per heavy atom. The van der Waals surface area contributed by atoms with E-state index in [1.54, 1.807) is 12.1 Å². The van der Waals surface area contributed by atoms with Gasteiger partial charge in [0, 0.05) is 38.2 Å². The van der Waals surface area contributed by atoms with Gasteiger partial charge < -0.3 is 9.42 Å². The molecular formula is C19H22FN3O2. The van der Waals surface area contributed by atoms with Gasteiger partial charge >= 0.3 is 0 Å². The Morgan fingerprint density at radius 3 is 2.60 bits per heavy atom. The SMILES string of the molecule is Cc1cc(CN2CCN(C(=O)[C@H]3C[C@@H]3c3ccc(F)cc3)CC2)on1. The molecule has 1 saturated carbocycles. The molecule has 6 heteroatoms. The number of aromatic nitrogens is 1. The zero-order valence-corrected chi connectivity index (χ0v) is 14.3. The average Bonchev–Trinajstić information content (AvgIpc) is 3.31. The topological polar surface area (TPSA) is 49.6 Å². The summed E-state index contributed by atoms with van der Waals surface area (Å²) in [5, 5.41) is 3.91. The van der Waals surface area contributed by atoms with Crippen LogP contribution in [-0.4, -0.2) is 47.0 Å². The fourth-order valence-electron chi connectivity index (χ4n) is 3.62. The Bertz CT molecular complexity index is 750. The quantitative estimate of drug-likeness (QED) is 0.856. The number of nitrogens with zero attached hydrogens (tertiary/aromatic N) is 3. The summed E-state index contributed by atoms with van der Waals surface area (Å²) in [5.74, 6) is 1.20. The molecule has 1 saturated heterocycles. The van der Waals surface area contributed by atoms with Gasteiger partial charge in [-0.2, -0.15) is 0 Å². The van der Waals surface area contributed by atoms with Crippen LogP contribution < -0.4 is 0 Å². The van der Waals surface area contributed by atoms with Crippen molar-refractivity contribution in [2.45, 2.75) is 25.8 Å². The first-order valence-corrected chi connectivity index (χ1v) is 8.79. The number of hydrogen-bond donors (Lipinski definition) is 0. The van der Waals surface area contributed by atoms with Crippen LogP contribution in [0, 0.1) is 18.7 Å². The van der Waals surface area contributed by atoms with Crippen molar-refractivity contribution in [3.05, 3.63) is 53.2 Å². The Labute approximate surface area is 146 Å². The lowest BCUT2D eigenvalue weighted by Gasteiger charge is -2.34. The second-order valence-corrected chi connectivity index (χ2v) is 7.04. The second kappa shape index (κ2) is 6.59. The number of rotatable bonds is 4. The van der Waals surface area contributed by atoms with Crippen molar-refractivity contribution in [2.24, 2.45) is 5.92 Å². The Balaban J connectivity index is 1.28. The summed E-state index contributed by atoms with van der Waals surface area (Å²) in [4.78, 5) is 16.9. The average molecular weight is 343 g/mol. The lowest BCUT2D eigenvalue weighted by atomic mass is 10.1. The summed E-state index contributed by atoms with van der Waals surface area (Å²) in [6.45, 7) is 5.84. The van der Waals surface area contributed by atoms with Crippen LogP contribution in [0.4, 0.5) is 4.39 Å². The molecule has 5 nitrogen and oxygen atoms in total. The van der Waals surface area contributed by atoms with Crippen LogP contribution in [0.1, 0.15) is 29.4 Å². The monoisotopic (exact) mass is 343 g/mol. The highest BCUT2D eigenvalue weighted by Gasteiger charge is 2.46. The number of aryl methyl sites for hydroxylation is 1. The molecule has 4 rings (SSSR count). The molecule has 132 valence electrons. The van der Waals surface area contributed by atoms with Crippen molar-refractivity contribution in [3.63, 3.8) is 0 Å². The summed E-state index contributed by atoms with van der Waals surface area (Å²) in [6.07, 6.45) is 0.877. The van der Waals surface area contributed by atoms with Crippen LogP contribution in [0.25, 0.3) is 0 Å². The third-order valence-corrected chi connectivity index (χ3v) is 5.15. The Hall–Kier alpha value is -2.21. The van der Waals surface area contributed by atoms with Crippen LogP contribution in [0.3, 0.4) is 0 Å². The maximum Gasteiger partial charge on any atom is 0.226 e. The van der Waals surface area contributed by atoms with Gasteiger partial charge in [0.15, 0.2) is 5.76 Å². The first-order valence-electron chi connectivity index (χ1n) is 8.79. The molecule has 1 amide bonds. The molecule has 0 N–H and O–H groups in total. The second-order valence-electron chi connectivity index (χ2n) is 7.04. The minimum absolute atomic E-state index is 0.0638. The molecular weight excluding hydrogens is 321 g/mol. The minimum Gasteiger partial charge on any atom is -0.360 e. The molecule has 2 aromatic rings. The van der Waals surface area contributed by atoms with E-state index in [4.69, 9.17) is 4.52 Å². The van der Waals surface area contributed by atoms with Gasteiger partial charge in [-0.25, -0.2) is 4.39 Å². The predicted molar refractivity (Wildman–Crippen MR) is 90.3 cm³/mol. The van der Waals surface area contributed by atoms with Crippen LogP contribution in [-0.2, 0) is 11.3 Å². The van der Waals surface area contributed by atoms with E-state index in [9.17, 15) is 9.18 Å². The Kier molecular flexibility index (Phi) is 4.29. The van der Waals surface area contributed by atoms with Gasteiger partial charge in [-0.15, -0.1) is 0 Å². The van der Waals surface area contributed by atoms with E-state index >= 15 is 0 Å². The summed E-state index contributed by atoms with van der Waals surface area (Å²) >= 11 is 0. The normalized spacial score (nSPS) is 23.7. The molecule has 2 fully saturated rings. The third-order valence-electron chi connectivity index (χ3n) is 5.15. The van der Waals surface area contributed by atoms with E-state index in [1.165, 1.54) is 12.1 Å². The van der Waals surface area contributed by atoms with Crippen molar-refractivity contribution in [1.82, 2.24) is 15.0 Å². The standard InChI is InChI=1S/C19H22FN3O2/c1-13-10-16(25-21-13)12-22-6-8-23(9-7-22)19(24)18-11-17(18)14-2-4-15(20)5-3-14/h2-5,10,17-18H,6-9,11-12H2,1H3/t17-,18+/m1/s1. The molecule has 2 atom stereocenters. The van der Waals surface area contributed by atoms with Crippen LogP contribution >= 0.6 is 0 Å². The lowest BCUT2D eigenvalue weighted by Crippen LogP contribution is -2.48. The van der Waals surface area contributed by atoms with Crippen molar-refractivity contribution in [2.75, 3.05) is 26.2 Å². The number of carbonyl (C=O) groups is 1. The van der Waals surface area contributed by atoms with Gasteiger partial charge in [0.1, 0.15) is 5.82 Å². The smallest absolute Gasteiger partial charge is 0.226 e. The van der Waals surface area contributed by atoms with Crippen LogP contribution in [0.15, 0.2) is 34.9 Å². The van der Waals surface area contributed by atoms with Gasteiger partial charge in [-0.1, -0.05) is 17.3 Å². The lowest BCUT2D eigenvalue weighted by molar-refractivity contribution is -0.134. The number of benzene rings is 1. The van der Waals surface area contributed by atoms with E-state index in [1.807, 2.05) is 17.9 Å². The zero-order chi connectivity index (χ0) is 17.4. The molecule has 0 unspecified atom stereocenters. The Morgan fingerprint density at radius 2 is 1.96 bits per heavy atom. The minimum atomic E-state index is -0.231. The van der Waals surface area contributed by atoms with Crippen LogP contribution in [0.2, 0.25) is 0 Å². The van der Waals surface area contributed by atoms with E-state index in [-0.39, 0.29) is 23.6 Å². The van der Waals surface area contributed by atoms with E-state index in [2.05, 4.69) is 10.1 Å². The molecule has 0 bridgehead atoms. The maximum absolute atomic E-state index is 13.0. The molecule has 1 aliphatic heterocycles.